The van der Waals surface area contributed by atoms with Crippen LogP contribution >= 0.6 is 0 Å². The number of hydrogen-bond acceptors (Lipinski definition) is 4. The van der Waals surface area contributed by atoms with Crippen LogP contribution in [0.2, 0.25) is 0 Å². The summed E-state index contributed by atoms with van der Waals surface area (Å²) in [7, 11) is 0. The third kappa shape index (κ3) is 7.11. The van der Waals surface area contributed by atoms with E-state index in [-0.39, 0.29) is 12.5 Å². The SMILES string of the molecule is CC(C)(C)OC(=O)N[C@@H](Cc1ccccc1)C(=O)Nc1cccc(CO)c1. The molecule has 0 aliphatic carbocycles. The van der Waals surface area contributed by atoms with Crippen LogP contribution in [0.15, 0.2) is 54.6 Å². The average molecular weight is 370 g/mol. The Labute approximate surface area is 159 Å². The van der Waals surface area contributed by atoms with Crippen LogP contribution in [0.4, 0.5) is 10.5 Å². The number of rotatable bonds is 6. The van der Waals surface area contributed by atoms with Crippen molar-refractivity contribution in [3.05, 3.63) is 65.7 Å². The largest absolute Gasteiger partial charge is 0.444 e. The van der Waals surface area contributed by atoms with Crippen molar-refractivity contribution in [1.82, 2.24) is 5.32 Å². The van der Waals surface area contributed by atoms with E-state index >= 15 is 0 Å². The highest BCUT2D eigenvalue weighted by molar-refractivity contribution is 5.96. The number of alkyl carbamates (subject to hydrolysis) is 1. The molecule has 0 aliphatic rings. The highest BCUT2D eigenvalue weighted by Gasteiger charge is 2.24. The molecule has 0 saturated heterocycles. The van der Waals surface area contributed by atoms with Gasteiger partial charge in [-0.15, -0.1) is 0 Å². The van der Waals surface area contributed by atoms with Gasteiger partial charge in [-0.1, -0.05) is 42.5 Å². The van der Waals surface area contributed by atoms with Crippen molar-refractivity contribution in [2.75, 3.05) is 5.32 Å². The number of anilines is 1. The first-order chi connectivity index (χ1) is 12.8. The molecule has 6 heteroatoms. The number of benzene rings is 2. The Morgan fingerprint density at radius 3 is 2.33 bits per heavy atom. The van der Waals surface area contributed by atoms with Crippen LogP contribution in [0.5, 0.6) is 0 Å². The van der Waals surface area contributed by atoms with Crippen molar-refractivity contribution in [2.45, 2.75) is 45.4 Å². The Hall–Kier alpha value is -2.86. The van der Waals surface area contributed by atoms with Crippen molar-refractivity contribution in [3.63, 3.8) is 0 Å². The van der Waals surface area contributed by atoms with Gasteiger partial charge in [0.25, 0.3) is 0 Å². The number of carbonyl (C=O) groups is 2. The number of hydrogen-bond donors (Lipinski definition) is 3. The fourth-order valence-electron chi connectivity index (χ4n) is 2.49. The molecule has 0 fully saturated rings. The second kappa shape index (κ2) is 9.19. The number of aliphatic hydroxyl groups excluding tert-OH is 1. The fourth-order valence-corrected chi connectivity index (χ4v) is 2.49. The van der Waals surface area contributed by atoms with Crippen LogP contribution in [0.3, 0.4) is 0 Å². The van der Waals surface area contributed by atoms with E-state index in [1.165, 1.54) is 0 Å². The zero-order valence-electron chi connectivity index (χ0n) is 15.9. The minimum absolute atomic E-state index is 0.118. The highest BCUT2D eigenvalue weighted by atomic mass is 16.6. The summed E-state index contributed by atoms with van der Waals surface area (Å²) in [5.41, 5.74) is 1.49. The Kier molecular flexibility index (Phi) is 6.96. The van der Waals surface area contributed by atoms with Gasteiger partial charge >= 0.3 is 6.09 Å². The zero-order chi connectivity index (χ0) is 19.9. The van der Waals surface area contributed by atoms with Gasteiger partial charge in [0, 0.05) is 12.1 Å². The minimum Gasteiger partial charge on any atom is -0.444 e. The Bertz CT molecular complexity index is 769. The van der Waals surface area contributed by atoms with Crippen molar-refractivity contribution >= 4 is 17.7 Å². The maximum Gasteiger partial charge on any atom is 0.408 e. The monoisotopic (exact) mass is 370 g/mol. The molecule has 0 radical (unpaired) electrons. The second-order valence-corrected chi connectivity index (χ2v) is 7.24. The number of nitrogens with one attached hydrogen (secondary N) is 2. The van der Waals surface area contributed by atoms with E-state index < -0.39 is 17.7 Å². The third-order valence-electron chi connectivity index (χ3n) is 3.67. The molecule has 3 N–H and O–H groups in total. The van der Waals surface area contributed by atoms with E-state index in [1.54, 1.807) is 45.0 Å². The fraction of sp³-hybridized carbons (Fsp3) is 0.333. The van der Waals surface area contributed by atoms with Crippen LogP contribution < -0.4 is 10.6 Å². The first-order valence-electron chi connectivity index (χ1n) is 8.81. The van der Waals surface area contributed by atoms with E-state index in [2.05, 4.69) is 10.6 Å². The second-order valence-electron chi connectivity index (χ2n) is 7.24. The molecule has 2 amide bonds. The lowest BCUT2D eigenvalue weighted by atomic mass is 10.1. The van der Waals surface area contributed by atoms with Crippen LogP contribution in [0, 0.1) is 0 Å². The molecule has 1 atom stereocenters. The molecular formula is C21H26N2O4. The van der Waals surface area contributed by atoms with Crippen molar-refractivity contribution < 1.29 is 19.4 Å². The summed E-state index contributed by atoms with van der Waals surface area (Å²) in [4.78, 5) is 24.9. The first kappa shape index (κ1) is 20.5. The Morgan fingerprint density at radius 2 is 1.70 bits per heavy atom. The minimum atomic E-state index is -0.806. The lowest BCUT2D eigenvalue weighted by Crippen LogP contribution is -2.47. The maximum absolute atomic E-state index is 12.8. The number of ether oxygens (including phenoxy) is 1. The number of amides is 2. The normalized spacial score (nSPS) is 12.1. The van der Waals surface area contributed by atoms with Gasteiger partial charge in [-0.3, -0.25) is 4.79 Å². The summed E-state index contributed by atoms with van der Waals surface area (Å²) in [5.74, 6) is -0.361. The average Bonchev–Trinajstić information content (AvgIpc) is 2.60. The van der Waals surface area contributed by atoms with Crippen LogP contribution in [-0.2, 0) is 22.6 Å². The summed E-state index contributed by atoms with van der Waals surface area (Å²) in [6, 6.07) is 15.5. The molecule has 0 heterocycles. The number of aliphatic hydroxyl groups is 1. The lowest BCUT2D eigenvalue weighted by molar-refractivity contribution is -0.118. The van der Waals surface area contributed by atoms with Crippen molar-refractivity contribution in [1.29, 1.82) is 0 Å². The van der Waals surface area contributed by atoms with Gasteiger partial charge in [-0.2, -0.15) is 0 Å². The highest BCUT2D eigenvalue weighted by Crippen LogP contribution is 2.13. The molecule has 0 saturated carbocycles. The molecular weight excluding hydrogens is 344 g/mol. The van der Waals surface area contributed by atoms with Crippen LogP contribution in [0.25, 0.3) is 0 Å². The van der Waals surface area contributed by atoms with Gasteiger partial charge in [0.05, 0.1) is 6.61 Å². The van der Waals surface area contributed by atoms with Crippen LogP contribution in [0.1, 0.15) is 31.9 Å². The maximum atomic E-state index is 12.8. The third-order valence-corrected chi connectivity index (χ3v) is 3.67. The molecule has 2 aromatic carbocycles. The van der Waals surface area contributed by atoms with E-state index in [0.29, 0.717) is 17.7 Å². The van der Waals surface area contributed by atoms with Crippen molar-refractivity contribution in [2.24, 2.45) is 0 Å². The van der Waals surface area contributed by atoms with Crippen molar-refractivity contribution in [3.8, 4) is 0 Å². The summed E-state index contributed by atoms with van der Waals surface area (Å²) >= 11 is 0. The quantitative estimate of drug-likeness (QED) is 0.728. The van der Waals surface area contributed by atoms with Gasteiger partial charge in [-0.25, -0.2) is 4.79 Å². The van der Waals surface area contributed by atoms with E-state index in [9.17, 15) is 14.7 Å². The molecule has 0 unspecified atom stereocenters. The molecule has 2 aromatic rings. The molecule has 6 nitrogen and oxygen atoms in total. The molecule has 0 bridgehead atoms. The molecule has 27 heavy (non-hydrogen) atoms. The smallest absolute Gasteiger partial charge is 0.408 e. The van der Waals surface area contributed by atoms with Gasteiger partial charge in [0.1, 0.15) is 11.6 Å². The molecule has 144 valence electrons. The lowest BCUT2D eigenvalue weighted by Gasteiger charge is -2.23. The molecule has 0 aliphatic heterocycles. The summed E-state index contributed by atoms with van der Waals surface area (Å²) in [6.07, 6.45) is -0.325. The van der Waals surface area contributed by atoms with Crippen LogP contribution in [-0.4, -0.2) is 28.7 Å². The van der Waals surface area contributed by atoms with Gasteiger partial charge in [-0.05, 0) is 44.0 Å². The summed E-state index contributed by atoms with van der Waals surface area (Å²) in [5, 5.41) is 14.7. The van der Waals surface area contributed by atoms with E-state index in [1.807, 2.05) is 30.3 Å². The summed E-state index contributed by atoms with van der Waals surface area (Å²) in [6.45, 7) is 5.17. The standard InChI is InChI=1S/C21H26N2O4/c1-21(2,3)27-20(26)23-18(13-15-8-5-4-6-9-15)19(25)22-17-11-7-10-16(12-17)14-24/h4-12,18,24H,13-14H2,1-3H3,(H,22,25)(H,23,26)/t18-/m0/s1. The summed E-state index contributed by atoms with van der Waals surface area (Å²) < 4.78 is 5.28. The Balaban J connectivity index is 2.14. The van der Waals surface area contributed by atoms with Gasteiger partial charge < -0.3 is 20.5 Å². The van der Waals surface area contributed by atoms with E-state index in [0.717, 1.165) is 5.56 Å². The van der Waals surface area contributed by atoms with Gasteiger partial charge in [0.15, 0.2) is 0 Å². The first-order valence-corrected chi connectivity index (χ1v) is 8.81. The predicted molar refractivity (Wildman–Crippen MR) is 104 cm³/mol. The Morgan fingerprint density at radius 1 is 1.04 bits per heavy atom. The van der Waals surface area contributed by atoms with Gasteiger partial charge in [0.2, 0.25) is 5.91 Å². The topological polar surface area (TPSA) is 87.7 Å². The molecule has 0 spiro atoms. The van der Waals surface area contributed by atoms with E-state index in [4.69, 9.17) is 4.74 Å². The zero-order valence-corrected chi connectivity index (χ0v) is 15.9. The number of carbonyl (C=O) groups excluding carboxylic acids is 2. The predicted octanol–water partition coefficient (Wildman–Crippen LogP) is 3.25. The molecule has 0 aromatic heterocycles. The molecule has 2 rings (SSSR count).